The summed E-state index contributed by atoms with van der Waals surface area (Å²) in [6.45, 7) is 8.06. The summed E-state index contributed by atoms with van der Waals surface area (Å²) >= 11 is 0. The number of aliphatic imine (C=N–C) groups is 1. The third-order valence-electron chi connectivity index (χ3n) is 3.36. The van der Waals surface area contributed by atoms with Crippen molar-refractivity contribution in [3.8, 4) is 0 Å². The summed E-state index contributed by atoms with van der Waals surface area (Å²) < 4.78 is 0. The molecule has 1 aliphatic rings. The molecule has 0 aliphatic heterocycles. The van der Waals surface area contributed by atoms with Crippen LogP contribution in [0.1, 0.15) is 30.9 Å². The van der Waals surface area contributed by atoms with Crippen LogP contribution in [0.3, 0.4) is 0 Å². The molecule has 0 unspecified atom stereocenters. The van der Waals surface area contributed by atoms with Crippen molar-refractivity contribution in [2.75, 3.05) is 5.73 Å². The molecular formula is C16H20N2. The second-order valence-corrected chi connectivity index (χ2v) is 4.84. The maximum absolute atomic E-state index is 5.89. The number of anilines is 1. The van der Waals surface area contributed by atoms with Crippen LogP contribution in [0.15, 0.2) is 41.4 Å². The number of benzene rings is 1. The fraction of sp³-hybridized carbons (Fsp3) is 0.312. The van der Waals surface area contributed by atoms with Crippen molar-refractivity contribution in [1.82, 2.24) is 0 Å². The van der Waals surface area contributed by atoms with Gasteiger partial charge in [0.15, 0.2) is 0 Å². The minimum atomic E-state index is 0.717. The Morgan fingerprint density at radius 2 is 2.17 bits per heavy atom. The summed E-state index contributed by atoms with van der Waals surface area (Å²) in [5.74, 6) is 0.717. The Kier molecular flexibility index (Phi) is 3.66. The highest BCUT2D eigenvalue weighted by atomic mass is 14.7. The number of rotatable bonds is 4. The highest BCUT2D eigenvalue weighted by molar-refractivity contribution is 5.85. The van der Waals surface area contributed by atoms with Gasteiger partial charge in [0, 0.05) is 17.5 Å². The fourth-order valence-electron chi connectivity index (χ4n) is 1.88. The molecule has 0 atom stereocenters. The first-order valence-corrected chi connectivity index (χ1v) is 6.37. The van der Waals surface area contributed by atoms with Crippen molar-refractivity contribution in [2.24, 2.45) is 10.9 Å². The third-order valence-corrected chi connectivity index (χ3v) is 3.36. The standard InChI is InChI=1S/C16H20N2/c1-4-13(14-7-8-14)10-18-12(3)15-6-5-11(2)16(17)9-15/h4-6,9-10,14H,3,7-8,17H2,1-2H3/b13-4+,18-10?. The van der Waals surface area contributed by atoms with E-state index in [0.717, 1.165) is 28.4 Å². The molecule has 1 aromatic rings. The molecule has 0 radical (unpaired) electrons. The van der Waals surface area contributed by atoms with Crippen molar-refractivity contribution in [3.05, 3.63) is 47.6 Å². The fourth-order valence-corrected chi connectivity index (χ4v) is 1.88. The molecule has 0 spiro atoms. The van der Waals surface area contributed by atoms with E-state index >= 15 is 0 Å². The van der Waals surface area contributed by atoms with Gasteiger partial charge in [-0.05, 0) is 49.8 Å². The number of hydrogen-bond donors (Lipinski definition) is 1. The molecule has 94 valence electrons. The molecule has 2 N–H and O–H groups in total. The van der Waals surface area contributed by atoms with Crippen LogP contribution in [-0.4, -0.2) is 6.21 Å². The lowest BCUT2D eigenvalue weighted by molar-refractivity contribution is 1.07. The summed E-state index contributed by atoms with van der Waals surface area (Å²) in [6.07, 6.45) is 6.65. The Hall–Kier alpha value is -1.83. The molecule has 1 saturated carbocycles. The lowest BCUT2D eigenvalue weighted by Gasteiger charge is -2.05. The van der Waals surface area contributed by atoms with Gasteiger partial charge in [-0.1, -0.05) is 24.8 Å². The predicted octanol–water partition coefficient (Wildman–Crippen LogP) is 3.98. The topological polar surface area (TPSA) is 38.4 Å². The van der Waals surface area contributed by atoms with Crippen LogP contribution in [0.2, 0.25) is 0 Å². The number of hydrogen-bond acceptors (Lipinski definition) is 2. The largest absolute Gasteiger partial charge is 0.398 e. The molecule has 0 heterocycles. The number of nitrogen functional groups attached to an aromatic ring is 1. The van der Waals surface area contributed by atoms with Gasteiger partial charge in [-0.15, -0.1) is 0 Å². The minimum absolute atomic E-state index is 0.717. The maximum atomic E-state index is 5.89. The zero-order valence-electron chi connectivity index (χ0n) is 11.1. The quantitative estimate of drug-likeness (QED) is 0.627. The molecule has 0 aromatic heterocycles. The number of nitrogens with zero attached hydrogens (tertiary/aromatic N) is 1. The Morgan fingerprint density at radius 1 is 1.44 bits per heavy atom. The number of aryl methyl sites for hydroxylation is 1. The van der Waals surface area contributed by atoms with Crippen LogP contribution < -0.4 is 5.73 Å². The van der Waals surface area contributed by atoms with E-state index < -0.39 is 0 Å². The SMILES string of the molecule is C=C(N=C/C(=C\C)C1CC1)c1ccc(C)c(N)c1. The Labute approximate surface area is 109 Å². The molecule has 2 rings (SSSR count). The molecule has 18 heavy (non-hydrogen) atoms. The number of nitrogens with two attached hydrogens (primary N) is 1. The van der Waals surface area contributed by atoms with E-state index in [2.05, 4.69) is 24.6 Å². The Balaban J connectivity index is 2.11. The second kappa shape index (κ2) is 5.21. The van der Waals surface area contributed by atoms with Gasteiger partial charge < -0.3 is 5.73 Å². The Bertz CT molecular complexity index is 520. The molecule has 1 fully saturated rings. The van der Waals surface area contributed by atoms with Gasteiger partial charge in [-0.25, -0.2) is 0 Å². The van der Waals surface area contributed by atoms with Crippen LogP contribution in [-0.2, 0) is 0 Å². The Morgan fingerprint density at radius 3 is 2.72 bits per heavy atom. The van der Waals surface area contributed by atoms with E-state index in [9.17, 15) is 0 Å². The van der Waals surface area contributed by atoms with Crippen LogP contribution in [0.5, 0.6) is 0 Å². The first-order chi connectivity index (χ1) is 8.61. The smallest absolute Gasteiger partial charge is 0.0631 e. The lowest BCUT2D eigenvalue weighted by atomic mass is 10.1. The zero-order chi connectivity index (χ0) is 13.1. The average molecular weight is 240 g/mol. The summed E-state index contributed by atoms with van der Waals surface area (Å²) in [6, 6.07) is 5.95. The highest BCUT2D eigenvalue weighted by Gasteiger charge is 2.24. The number of allylic oxidation sites excluding steroid dienone is 2. The van der Waals surface area contributed by atoms with Crippen LogP contribution in [0, 0.1) is 12.8 Å². The van der Waals surface area contributed by atoms with Gasteiger partial charge in [0.25, 0.3) is 0 Å². The van der Waals surface area contributed by atoms with Crippen molar-refractivity contribution >= 4 is 17.6 Å². The molecule has 1 aromatic carbocycles. The van der Waals surface area contributed by atoms with Crippen molar-refractivity contribution in [3.63, 3.8) is 0 Å². The lowest BCUT2D eigenvalue weighted by Crippen LogP contribution is -1.92. The maximum Gasteiger partial charge on any atom is 0.0631 e. The van der Waals surface area contributed by atoms with Gasteiger partial charge in [0.05, 0.1) is 5.70 Å². The van der Waals surface area contributed by atoms with Crippen LogP contribution in [0.25, 0.3) is 5.70 Å². The molecule has 0 saturated heterocycles. The second-order valence-electron chi connectivity index (χ2n) is 4.84. The molecule has 0 amide bonds. The first kappa shape index (κ1) is 12.6. The summed E-state index contributed by atoms with van der Waals surface area (Å²) in [5.41, 5.74) is 10.8. The van der Waals surface area contributed by atoms with E-state index in [1.165, 1.54) is 18.4 Å². The molecule has 2 nitrogen and oxygen atoms in total. The van der Waals surface area contributed by atoms with Gasteiger partial charge in [0.1, 0.15) is 0 Å². The normalized spacial score (nSPS) is 16.2. The van der Waals surface area contributed by atoms with Crippen molar-refractivity contribution in [1.29, 1.82) is 0 Å². The molecule has 0 bridgehead atoms. The van der Waals surface area contributed by atoms with Gasteiger partial charge in [-0.2, -0.15) is 0 Å². The van der Waals surface area contributed by atoms with E-state index in [0.29, 0.717) is 0 Å². The zero-order valence-corrected chi connectivity index (χ0v) is 11.1. The summed E-state index contributed by atoms with van der Waals surface area (Å²) in [5, 5.41) is 0. The molecule has 2 heteroatoms. The van der Waals surface area contributed by atoms with Crippen molar-refractivity contribution in [2.45, 2.75) is 26.7 Å². The summed E-state index contributed by atoms with van der Waals surface area (Å²) in [4.78, 5) is 4.45. The minimum Gasteiger partial charge on any atom is -0.398 e. The van der Waals surface area contributed by atoms with E-state index in [-0.39, 0.29) is 0 Å². The van der Waals surface area contributed by atoms with Crippen LogP contribution >= 0.6 is 0 Å². The molecular weight excluding hydrogens is 220 g/mol. The van der Waals surface area contributed by atoms with E-state index in [1.807, 2.05) is 31.3 Å². The first-order valence-electron chi connectivity index (χ1n) is 6.37. The summed E-state index contributed by atoms with van der Waals surface area (Å²) in [7, 11) is 0. The van der Waals surface area contributed by atoms with Gasteiger partial charge in [-0.3, -0.25) is 4.99 Å². The molecule has 1 aliphatic carbocycles. The van der Waals surface area contributed by atoms with E-state index in [4.69, 9.17) is 5.73 Å². The predicted molar refractivity (Wildman–Crippen MR) is 79.6 cm³/mol. The monoisotopic (exact) mass is 240 g/mol. The van der Waals surface area contributed by atoms with Crippen molar-refractivity contribution < 1.29 is 0 Å². The highest BCUT2D eigenvalue weighted by Crippen LogP contribution is 2.35. The van der Waals surface area contributed by atoms with Gasteiger partial charge in [0.2, 0.25) is 0 Å². The van der Waals surface area contributed by atoms with Gasteiger partial charge >= 0.3 is 0 Å². The third kappa shape index (κ3) is 2.89. The van der Waals surface area contributed by atoms with Crippen LogP contribution in [0.4, 0.5) is 5.69 Å². The van der Waals surface area contributed by atoms with E-state index in [1.54, 1.807) is 0 Å². The average Bonchev–Trinajstić information content (AvgIpc) is 3.17.